The van der Waals surface area contributed by atoms with Gasteiger partial charge >= 0.3 is 0 Å². The number of ketones is 1. The van der Waals surface area contributed by atoms with E-state index in [1.54, 1.807) is 0 Å². The maximum absolute atomic E-state index is 12.7. The topological polar surface area (TPSA) is 121 Å². The van der Waals surface area contributed by atoms with Gasteiger partial charge in [-0.1, -0.05) is 57.0 Å². The standard InChI is InChI=1S/C24H31N3O2.C9H17N.C2H2.CH3NO/c1-2-20(28)14-7-3-4-8-15-21-22-24(29)25-16-9-5-6-11-18-12-10-13-19(17-18)23(26-21)27-22;1-2-10-7-5-9(3-4-9)6-8-10;1-2;2-1-3/h6,10-13,17H,2-5,7-9,14-16H2,1H3,(H,25,29)(H,26,27);2-8H2,1H3;1-2H;1H,(H2,2,3)/b11-6-;;;. The summed E-state index contributed by atoms with van der Waals surface area (Å²) >= 11 is 0. The lowest BCUT2D eigenvalue weighted by Gasteiger charge is -2.30. The number of carbonyl (C=O) groups excluding carboxylic acids is 3. The van der Waals surface area contributed by atoms with Gasteiger partial charge in [-0.15, -0.1) is 12.8 Å². The van der Waals surface area contributed by atoms with Crippen molar-refractivity contribution in [3.63, 3.8) is 0 Å². The van der Waals surface area contributed by atoms with E-state index in [1.165, 1.54) is 45.3 Å². The smallest absolute Gasteiger partial charge is 0.271 e. The van der Waals surface area contributed by atoms with E-state index >= 15 is 0 Å². The molecule has 2 aliphatic heterocycles. The van der Waals surface area contributed by atoms with E-state index in [0.717, 1.165) is 73.0 Å². The third-order valence-electron chi connectivity index (χ3n) is 8.65. The maximum atomic E-state index is 12.7. The van der Waals surface area contributed by atoms with Crippen molar-refractivity contribution in [2.24, 2.45) is 11.1 Å². The summed E-state index contributed by atoms with van der Waals surface area (Å²) in [4.78, 5) is 43.3. The van der Waals surface area contributed by atoms with Crippen LogP contribution in [0.2, 0.25) is 0 Å². The minimum Gasteiger partial charge on any atom is -0.372 e. The lowest BCUT2D eigenvalue weighted by molar-refractivity contribution is -0.118. The predicted octanol–water partition coefficient (Wildman–Crippen LogP) is 6.32. The maximum Gasteiger partial charge on any atom is 0.271 e. The molecular weight excluding hydrogens is 550 g/mol. The summed E-state index contributed by atoms with van der Waals surface area (Å²) in [5.41, 5.74) is 8.58. The molecule has 1 saturated heterocycles. The molecule has 8 heteroatoms. The number of primary amides is 1. The number of H-pyrrole nitrogens is 1. The number of nitrogens with two attached hydrogens (primary N) is 1. The number of Topliss-reactive ketones (excluding diaryl/α,β-unsaturated/α-hetero) is 1. The van der Waals surface area contributed by atoms with Crippen LogP contribution in [0.25, 0.3) is 17.5 Å². The second-order valence-electron chi connectivity index (χ2n) is 11.7. The third-order valence-corrected chi connectivity index (χ3v) is 8.65. The van der Waals surface area contributed by atoms with Crippen molar-refractivity contribution in [1.29, 1.82) is 0 Å². The first-order chi connectivity index (χ1) is 21.4. The fourth-order valence-electron chi connectivity index (χ4n) is 5.60. The molecule has 240 valence electrons. The van der Waals surface area contributed by atoms with Crippen LogP contribution in [-0.4, -0.2) is 59.1 Å². The summed E-state index contributed by atoms with van der Waals surface area (Å²) in [6, 6.07) is 8.22. The van der Waals surface area contributed by atoms with Crippen molar-refractivity contribution in [3.8, 4) is 24.2 Å². The number of terminal acetylenes is 1. The van der Waals surface area contributed by atoms with Crippen LogP contribution < -0.4 is 11.1 Å². The van der Waals surface area contributed by atoms with Crippen LogP contribution in [0.5, 0.6) is 0 Å². The molecule has 4 N–H and O–H groups in total. The number of piperidine rings is 1. The monoisotopic (exact) mass is 603 g/mol. The average Bonchev–Trinajstić information content (AvgIpc) is 3.67. The summed E-state index contributed by atoms with van der Waals surface area (Å²) in [6.45, 7) is 8.83. The molecule has 1 saturated carbocycles. The van der Waals surface area contributed by atoms with E-state index in [0.29, 0.717) is 30.9 Å². The second-order valence-corrected chi connectivity index (χ2v) is 11.7. The Balaban J connectivity index is 0.000000369. The quantitative estimate of drug-likeness (QED) is 0.176. The normalized spacial score (nSPS) is 17.2. The number of hydrogen-bond donors (Lipinski definition) is 3. The average molecular weight is 604 g/mol. The van der Waals surface area contributed by atoms with Gasteiger partial charge < -0.3 is 20.9 Å². The third kappa shape index (κ3) is 12.5. The molecule has 3 heterocycles. The molecular formula is C36H53N5O3. The number of carbonyl (C=O) groups is 3. The zero-order valence-electron chi connectivity index (χ0n) is 26.9. The Morgan fingerprint density at radius 3 is 2.45 bits per heavy atom. The molecule has 4 bridgehead atoms. The number of amides is 2. The van der Waals surface area contributed by atoms with Crippen molar-refractivity contribution in [2.75, 3.05) is 26.2 Å². The molecule has 1 aromatic carbocycles. The number of fused-ring (bicyclic) bond motifs is 5. The predicted molar refractivity (Wildman–Crippen MR) is 180 cm³/mol. The highest BCUT2D eigenvalue weighted by molar-refractivity contribution is 5.94. The van der Waals surface area contributed by atoms with Crippen LogP contribution in [0.3, 0.4) is 0 Å². The SMILES string of the molecule is C#C.CCC(=O)CCCCCCc1[nH]c2nc1C(=O)NCCC/C=C\c1cccc-2c1.CCN1CCC2(CC1)CC2.NC=O. The fraction of sp³-hybridized carbons (Fsp3) is 0.556. The van der Waals surface area contributed by atoms with Crippen molar-refractivity contribution in [1.82, 2.24) is 20.2 Å². The molecule has 8 nitrogen and oxygen atoms in total. The minimum atomic E-state index is -0.101. The fourth-order valence-corrected chi connectivity index (χ4v) is 5.60. The zero-order chi connectivity index (χ0) is 32.2. The Morgan fingerprint density at radius 2 is 1.80 bits per heavy atom. The number of hydrogen-bond acceptors (Lipinski definition) is 5. The van der Waals surface area contributed by atoms with Gasteiger partial charge in [-0.3, -0.25) is 14.4 Å². The highest BCUT2D eigenvalue weighted by Gasteiger charge is 2.43. The number of nitrogens with zero attached hydrogens (tertiary/aromatic N) is 2. The Labute approximate surface area is 264 Å². The number of allylic oxidation sites excluding steroid dienone is 1. The number of aromatic nitrogens is 2. The van der Waals surface area contributed by atoms with Crippen LogP contribution in [0.1, 0.15) is 113 Å². The first-order valence-corrected chi connectivity index (χ1v) is 16.3. The molecule has 0 atom stereocenters. The van der Waals surface area contributed by atoms with Gasteiger partial charge in [0.25, 0.3) is 5.91 Å². The molecule has 2 amide bonds. The first-order valence-electron chi connectivity index (χ1n) is 16.3. The van der Waals surface area contributed by atoms with Crippen LogP contribution in [0.4, 0.5) is 0 Å². The molecule has 3 aliphatic rings. The molecule has 44 heavy (non-hydrogen) atoms. The lowest BCUT2D eigenvalue weighted by Crippen LogP contribution is -2.34. The number of nitrogens with one attached hydrogen (secondary N) is 2. The number of aryl methyl sites for hydroxylation is 1. The Morgan fingerprint density at radius 1 is 1.09 bits per heavy atom. The Kier molecular flexibility index (Phi) is 16.8. The number of likely N-dealkylation sites (tertiary alicyclic amines) is 1. The molecule has 1 aliphatic carbocycles. The van der Waals surface area contributed by atoms with Crippen molar-refractivity contribution in [2.45, 2.75) is 97.3 Å². The van der Waals surface area contributed by atoms with Gasteiger partial charge in [0.15, 0.2) is 0 Å². The number of rotatable bonds is 9. The van der Waals surface area contributed by atoms with E-state index in [9.17, 15) is 9.59 Å². The molecule has 2 fully saturated rings. The summed E-state index contributed by atoms with van der Waals surface area (Å²) in [5.74, 6) is 0.982. The lowest BCUT2D eigenvalue weighted by atomic mass is 9.94. The van der Waals surface area contributed by atoms with E-state index in [-0.39, 0.29) is 12.3 Å². The molecule has 2 aromatic rings. The summed E-state index contributed by atoms with van der Waals surface area (Å²) in [7, 11) is 0. The molecule has 0 radical (unpaired) electrons. The van der Waals surface area contributed by atoms with Gasteiger partial charge in [-0.25, -0.2) is 4.98 Å². The van der Waals surface area contributed by atoms with Gasteiger partial charge in [-0.05, 0) is 94.5 Å². The number of benzene rings is 1. The zero-order valence-corrected chi connectivity index (χ0v) is 26.9. The van der Waals surface area contributed by atoms with Gasteiger partial charge in [0.05, 0.1) is 0 Å². The minimum absolute atomic E-state index is 0.101. The number of unbranched alkanes of at least 4 members (excludes halogenated alkanes) is 3. The summed E-state index contributed by atoms with van der Waals surface area (Å²) in [6.07, 6.45) is 26.5. The first kappa shape index (κ1) is 36.5. The molecule has 0 unspecified atom stereocenters. The van der Waals surface area contributed by atoms with Gasteiger partial charge in [0.2, 0.25) is 6.41 Å². The number of imidazole rings is 1. The van der Waals surface area contributed by atoms with Crippen LogP contribution >= 0.6 is 0 Å². The van der Waals surface area contributed by atoms with Crippen molar-refractivity contribution >= 4 is 24.2 Å². The Hall–Kier alpha value is -3.70. The van der Waals surface area contributed by atoms with E-state index in [1.807, 2.05) is 19.1 Å². The van der Waals surface area contributed by atoms with Gasteiger partial charge in [0, 0.05) is 30.6 Å². The van der Waals surface area contributed by atoms with Gasteiger partial charge in [0.1, 0.15) is 17.3 Å². The van der Waals surface area contributed by atoms with E-state index in [4.69, 9.17) is 4.79 Å². The molecule has 1 aromatic heterocycles. The van der Waals surface area contributed by atoms with E-state index < -0.39 is 0 Å². The molecule has 1 spiro atoms. The van der Waals surface area contributed by atoms with E-state index in [2.05, 4.69) is 70.0 Å². The summed E-state index contributed by atoms with van der Waals surface area (Å²) in [5, 5.41) is 3.00. The van der Waals surface area contributed by atoms with Gasteiger partial charge in [-0.2, -0.15) is 0 Å². The Bertz CT molecular complexity index is 1200. The van der Waals surface area contributed by atoms with Crippen molar-refractivity contribution < 1.29 is 14.4 Å². The second kappa shape index (κ2) is 20.3. The van der Waals surface area contributed by atoms with Crippen LogP contribution in [-0.2, 0) is 16.0 Å². The van der Waals surface area contributed by atoms with Crippen molar-refractivity contribution in [3.05, 3.63) is 47.3 Å². The largest absolute Gasteiger partial charge is 0.372 e. The van der Waals surface area contributed by atoms with Crippen LogP contribution in [0.15, 0.2) is 30.3 Å². The number of aromatic amines is 1. The summed E-state index contributed by atoms with van der Waals surface area (Å²) < 4.78 is 0. The van der Waals surface area contributed by atoms with Crippen LogP contribution in [0, 0.1) is 18.3 Å². The highest BCUT2D eigenvalue weighted by atomic mass is 16.2. The highest BCUT2D eigenvalue weighted by Crippen LogP contribution is 2.53. The molecule has 5 rings (SSSR count).